The average Bonchev–Trinajstić information content (AvgIpc) is 3.67. The summed E-state index contributed by atoms with van der Waals surface area (Å²) in [5.41, 5.74) is 14.6. The van der Waals surface area contributed by atoms with Crippen LogP contribution in [0.5, 0.6) is 0 Å². The van der Waals surface area contributed by atoms with Crippen LogP contribution in [0.4, 0.5) is 34.1 Å². The number of hydrogen-bond donors (Lipinski definition) is 0. The summed E-state index contributed by atoms with van der Waals surface area (Å²) >= 11 is 0. The first-order valence-electron chi connectivity index (χ1n) is 20.9. The summed E-state index contributed by atoms with van der Waals surface area (Å²) in [6, 6.07) is 89.7. The summed E-state index contributed by atoms with van der Waals surface area (Å²) in [6.45, 7) is 0. The first kappa shape index (κ1) is 36.0. The molecule has 0 amide bonds. The molecule has 288 valence electrons. The van der Waals surface area contributed by atoms with Crippen LogP contribution in [0.25, 0.3) is 60.5 Å². The molecule has 3 nitrogen and oxygen atoms in total. The number of fused-ring (bicyclic) bond motifs is 4. The molecule has 0 aliphatic carbocycles. The molecule has 11 rings (SSSR count). The molecule has 1 heterocycles. The van der Waals surface area contributed by atoms with Gasteiger partial charge in [-0.25, -0.2) is 0 Å². The van der Waals surface area contributed by atoms with Crippen molar-refractivity contribution in [2.45, 2.75) is 0 Å². The molecular formula is C58H41N3. The first-order valence-corrected chi connectivity index (χ1v) is 20.9. The SMILES string of the molecule is c1ccc(-c2cccc(-n3c4ccccc4c4c(N(c5ccccc5)c5ccc(-c6cccc7ccccc67)cc5)cc(N(c5ccccc5)c5ccccc5)cc43)c2)cc1. The van der Waals surface area contributed by atoms with Gasteiger partial charge in [0.25, 0.3) is 0 Å². The second kappa shape index (κ2) is 15.6. The number of nitrogens with zero attached hydrogens (tertiary/aromatic N) is 3. The topological polar surface area (TPSA) is 11.4 Å². The average molecular weight is 780 g/mol. The molecule has 0 aliphatic rings. The van der Waals surface area contributed by atoms with E-state index in [1.54, 1.807) is 0 Å². The van der Waals surface area contributed by atoms with Crippen molar-refractivity contribution >= 4 is 66.7 Å². The molecule has 0 unspecified atom stereocenters. The van der Waals surface area contributed by atoms with Gasteiger partial charge in [-0.3, -0.25) is 0 Å². The van der Waals surface area contributed by atoms with Crippen molar-refractivity contribution < 1.29 is 0 Å². The standard InChI is InChI=1S/C58H41N3/c1-5-19-42(20-6-1)45-23-17-30-50(39-45)61-55-34-16-15-32-54(55)58-56(40-51(41-57(58)61)59(46-24-7-2-8-25-46)47-26-9-3-10-27-47)60(48-28-11-4-12-29-48)49-37-35-44(36-38-49)53-33-18-22-43-21-13-14-31-52(43)53/h1-41H. The highest BCUT2D eigenvalue weighted by Gasteiger charge is 2.25. The molecule has 0 bridgehead atoms. The molecule has 61 heavy (non-hydrogen) atoms. The number of rotatable bonds is 9. The molecule has 10 aromatic carbocycles. The number of anilines is 6. The summed E-state index contributed by atoms with van der Waals surface area (Å²) in [7, 11) is 0. The Labute approximate surface area is 356 Å². The number of aromatic nitrogens is 1. The maximum absolute atomic E-state index is 2.45. The highest BCUT2D eigenvalue weighted by atomic mass is 15.2. The highest BCUT2D eigenvalue weighted by Crippen LogP contribution is 2.48. The fraction of sp³-hybridized carbons (Fsp3) is 0. The minimum Gasteiger partial charge on any atom is -0.310 e. The van der Waals surface area contributed by atoms with Crippen LogP contribution in [0.15, 0.2) is 249 Å². The number of benzene rings is 10. The van der Waals surface area contributed by atoms with E-state index in [2.05, 4.69) is 263 Å². The Kier molecular flexibility index (Phi) is 9.18. The maximum atomic E-state index is 2.45. The molecule has 0 atom stereocenters. The van der Waals surface area contributed by atoms with E-state index >= 15 is 0 Å². The lowest BCUT2D eigenvalue weighted by molar-refractivity contribution is 1.17. The summed E-state index contributed by atoms with van der Waals surface area (Å²) in [4.78, 5) is 4.81. The zero-order valence-electron chi connectivity index (χ0n) is 33.5. The second-order valence-corrected chi connectivity index (χ2v) is 15.4. The molecule has 0 radical (unpaired) electrons. The van der Waals surface area contributed by atoms with E-state index in [1.165, 1.54) is 43.8 Å². The monoisotopic (exact) mass is 779 g/mol. The van der Waals surface area contributed by atoms with Gasteiger partial charge in [-0.1, -0.05) is 170 Å². The largest absolute Gasteiger partial charge is 0.310 e. The minimum atomic E-state index is 1.05. The van der Waals surface area contributed by atoms with Crippen LogP contribution in [0.2, 0.25) is 0 Å². The zero-order chi connectivity index (χ0) is 40.5. The first-order chi connectivity index (χ1) is 30.3. The van der Waals surface area contributed by atoms with E-state index in [0.717, 1.165) is 50.8 Å². The lowest BCUT2D eigenvalue weighted by Crippen LogP contribution is -2.14. The van der Waals surface area contributed by atoms with Gasteiger partial charge in [-0.15, -0.1) is 0 Å². The van der Waals surface area contributed by atoms with Crippen LogP contribution in [-0.2, 0) is 0 Å². The van der Waals surface area contributed by atoms with Gasteiger partial charge < -0.3 is 14.4 Å². The van der Waals surface area contributed by atoms with E-state index in [4.69, 9.17) is 0 Å². The Balaban J connectivity index is 1.21. The fourth-order valence-corrected chi connectivity index (χ4v) is 8.97. The Morgan fingerprint density at radius 1 is 0.295 bits per heavy atom. The van der Waals surface area contributed by atoms with Crippen molar-refractivity contribution in [1.29, 1.82) is 0 Å². The van der Waals surface area contributed by atoms with Gasteiger partial charge in [0, 0.05) is 39.2 Å². The maximum Gasteiger partial charge on any atom is 0.0583 e. The van der Waals surface area contributed by atoms with E-state index < -0.39 is 0 Å². The Morgan fingerprint density at radius 3 is 1.51 bits per heavy atom. The van der Waals surface area contributed by atoms with Crippen LogP contribution in [0, 0.1) is 0 Å². The summed E-state index contributed by atoms with van der Waals surface area (Å²) in [5, 5.41) is 4.84. The molecule has 0 N–H and O–H groups in total. The third kappa shape index (κ3) is 6.59. The Bertz CT molecular complexity index is 3240. The van der Waals surface area contributed by atoms with Crippen LogP contribution < -0.4 is 9.80 Å². The van der Waals surface area contributed by atoms with Crippen LogP contribution in [-0.4, -0.2) is 4.57 Å². The van der Waals surface area contributed by atoms with Crippen molar-refractivity contribution in [2.75, 3.05) is 9.80 Å². The van der Waals surface area contributed by atoms with Crippen LogP contribution in [0.1, 0.15) is 0 Å². The molecule has 0 fully saturated rings. The summed E-state index contributed by atoms with van der Waals surface area (Å²) in [6.07, 6.45) is 0. The summed E-state index contributed by atoms with van der Waals surface area (Å²) in [5.74, 6) is 0. The molecule has 1 aromatic heterocycles. The van der Waals surface area contributed by atoms with Crippen molar-refractivity contribution in [2.24, 2.45) is 0 Å². The molecular weight excluding hydrogens is 739 g/mol. The predicted molar refractivity (Wildman–Crippen MR) is 259 cm³/mol. The molecule has 3 heteroatoms. The summed E-state index contributed by atoms with van der Waals surface area (Å²) < 4.78 is 2.45. The second-order valence-electron chi connectivity index (χ2n) is 15.4. The van der Waals surface area contributed by atoms with Gasteiger partial charge in [0.05, 0.1) is 22.4 Å². The molecule has 0 saturated heterocycles. The minimum absolute atomic E-state index is 1.05. The van der Waals surface area contributed by atoms with Crippen molar-refractivity contribution in [3.8, 4) is 27.9 Å². The molecule has 0 aliphatic heterocycles. The predicted octanol–water partition coefficient (Wildman–Crippen LogP) is 16.2. The van der Waals surface area contributed by atoms with Gasteiger partial charge in [0.2, 0.25) is 0 Å². The van der Waals surface area contributed by atoms with Gasteiger partial charge in [-0.05, 0) is 112 Å². The van der Waals surface area contributed by atoms with Gasteiger partial charge in [0.15, 0.2) is 0 Å². The zero-order valence-corrected chi connectivity index (χ0v) is 33.5. The highest BCUT2D eigenvalue weighted by molar-refractivity contribution is 6.18. The van der Waals surface area contributed by atoms with Gasteiger partial charge in [-0.2, -0.15) is 0 Å². The smallest absolute Gasteiger partial charge is 0.0583 e. The number of para-hydroxylation sites is 4. The molecule has 11 aromatic rings. The van der Waals surface area contributed by atoms with E-state index in [9.17, 15) is 0 Å². The molecule has 0 spiro atoms. The number of hydrogen-bond acceptors (Lipinski definition) is 2. The quantitative estimate of drug-likeness (QED) is 0.145. The van der Waals surface area contributed by atoms with Crippen molar-refractivity contribution in [3.63, 3.8) is 0 Å². The third-order valence-electron chi connectivity index (χ3n) is 11.7. The third-order valence-corrected chi connectivity index (χ3v) is 11.7. The van der Waals surface area contributed by atoms with Crippen LogP contribution >= 0.6 is 0 Å². The fourth-order valence-electron chi connectivity index (χ4n) is 8.97. The van der Waals surface area contributed by atoms with E-state index in [0.29, 0.717) is 0 Å². The van der Waals surface area contributed by atoms with Crippen molar-refractivity contribution in [1.82, 2.24) is 4.57 Å². The van der Waals surface area contributed by atoms with E-state index in [-0.39, 0.29) is 0 Å². The van der Waals surface area contributed by atoms with Crippen LogP contribution in [0.3, 0.4) is 0 Å². The Hall–Kier alpha value is -8.14. The van der Waals surface area contributed by atoms with Crippen molar-refractivity contribution in [3.05, 3.63) is 249 Å². The van der Waals surface area contributed by atoms with Gasteiger partial charge >= 0.3 is 0 Å². The Morgan fingerprint density at radius 2 is 0.820 bits per heavy atom. The molecule has 0 saturated carbocycles. The normalized spacial score (nSPS) is 11.3. The van der Waals surface area contributed by atoms with Gasteiger partial charge in [0.1, 0.15) is 0 Å². The van der Waals surface area contributed by atoms with E-state index in [1.807, 2.05) is 0 Å². The lowest BCUT2D eigenvalue weighted by atomic mass is 9.98. The lowest BCUT2D eigenvalue weighted by Gasteiger charge is -2.30.